The molecule has 148 valence electrons. The summed E-state index contributed by atoms with van der Waals surface area (Å²) in [5.74, 6) is 0.882. The molecule has 3 aromatic rings. The van der Waals surface area contributed by atoms with Crippen LogP contribution in [0.3, 0.4) is 0 Å². The second-order valence-electron chi connectivity index (χ2n) is 7.16. The van der Waals surface area contributed by atoms with Crippen LogP contribution in [-0.2, 0) is 12.6 Å². The summed E-state index contributed by atoms with van der Waals surface area (Å²) in [4.78, 5) is 4.91. The number of alkyl halides is 3. The Bertz CT molecular complexity index is 965. The monoisotopic (exact) mass is 394 g/mol. The SMILES string of the molecule is FC(F)(F)c1ccc(CCC2=N[C@@H](c3ccccc3)[C@@H](c3ccccc3)N2)cc1. The lowest BCUT2D eigenvalue weighted by molar-refractivity contribution is -0.137. The molecular weight excluding hydrogens is 373 g/mol. The predicted octanol–water partition coefficient (Wildman–Crippen LogP) is 6.12. The zero-order chi connectivity index (χ0) is 20.3. The van der Waals surface area contributed by atoms with E-state index in [0.717, 1.165) is 34.7 Å². The van der Waals surface area contributed by atoms with E-state index in [2.05, 4.69) is 29.6 Å². The fourth-order valence-corrected chi connectivity index (χ4v) is 3.64. The summed E-state index contributed by atoms with van der Waals surface area (Å²) in [5, 5.41) is 3.53. The molecule has 1 aliphatic rings. The lowest BCUT2D eigenvalue weighted by Crippen LogP contribution is -2.24. The Morgan fingerprint density at radius 1 is 0.724 bits per heavy atom. The van der Waals surface area contributed by atoms with Crippen molar-refractivity contribution in [3.05, 3.63) is 107 Å². The highest BCUT2D eigenvalue weighted by atomic mass is 19.4. The molecular formula is C24H21F3N2. The van der Waals surface area contributed by atoms with Gasteiger partial charge in [0.2, 0.25) is 0 Å². The van der Waals surface area contributed by atoms with Crippen LogP contribution in [0.5, 0.6) is 0 Å². The van der Waals surface area contributed by atoms with E-state index in [4.69, 9.17) is 4.99 Å². The van der Waals surface area contributed by atoms with Crippen LogP contribution in [0.15, 0.2) is 89.9 Å². The van der Waals surface area contributed by atoms with E-state index in [-0.39, 0.29) is 12.1 Å². The average Bonchev–Trinajstić information content (AvgIpc) is 3.18. The molecule has 29 heavy (non-hydrogen) atoms. The zero-order valence-electron chi connectivity index (χ0n) is 15.7. The highest BCUT2D eigenvalue weighted by Crippen LogP contribution is 2.36. The molecule has 0 radical (unpaired) electrons. The van der Waals surface area contributed by atoms with Crippen molar-refractivity contribution >= 4 is 5.84 Å². The molecule has 0 amide bonds. The Labute approximate surface area is 168 Å². The molecule has 0 fully saturated rings. The van der Waals surface area contributed by atoms with Gasteiger partial charge in [-0.1, -0.05) is 72.8 Å². The van der Waals surface area contributed by atoms with Crippen LogP contribution in [0, 0.1) is 0 Å². The maximum Gasteiger partial charge on any atom is 0.416 e. The quantitative estimate of drug-likeness (QED) is 0.554. The molecule has 2 atom stereocenters. The summed E-state index contributed by atoms with van der Waals surface area (Å²) < 4.78 is 38.2. The van der Waals surface area contributed by atoms with Crippen molar-refractivity contribution in [1.82, 2.24) is 5.32 Å². The van der Waals surface area contributed by atoms with Gasteiger partial charge in [-0.25, -0.2) is 0 Å². The van der Waals surface area contributed by atoms with E-state index < -0.39 is 11.7 Å². The molecule has 1 aliphatic heterocycles. The minimum Gasteiger partial charge on any atom is -0.364 e. The first-order chi connectivity index (χ1) is 14.0. The predicted molar refractivity (Wildman–Crippen MR) is 109 cm³/mol. The summed E-state index contributed by atoms with van der Waals surface area (Å²) in [5.41, 5.74) is 2.54. The van der Waals surface area contributed by atoms with Gasteiger partial charge in [-0.3, -0.25) is 4.99 Å². The van der Waals surface area contributed by atoms with Crippen molar-refractivity contribution in [3.63, 3.8) is 0 Å². The van der Waals surface area contributed by atoms with E-state index in [9.17, 15) is 13.2 Å². The molecule has 1 N–H and O–H groups in total. The van der Waals surface area contributed by atoms with Crippen LogP contribution in [-0.4, -0.2) is 5.84 Å². The molecule has 0 bridgehead atoms. The Hall–Kier alpha value is -3.08. The van der Waals surface area contributed by atoms with E-state index in [1.54, 1.807) is 12.1 Å². The van der Waals surface area contributed by atoms with Gasteiger partial charge in [-0.05, 0) is 35.2 Å². The van der Waals surface area contributed by atoms with E-state index in [1.807, 2.05) is 36.4 Å². The minimum atomic E-state index is -4.30. The van der Waals surface area contributed by atoms with Gasteiger partial charge in [-0.15, -0.1) is 0 Å². The van der Waals surface area contributed by atoms with Gasteiger partial charge in [-0.2, -0.15) is 13.2 Å². The second kappa shape index (κ2) is 8.11. The topological polar surface area (TPSA) is 24.4 Å². The number of halogens is 3. The third-order valence-corrected chi connectivity index (χ3v) is 5.16. The maximum atomic E-state index is 12.7. The molecule has 2 nitrogen and oxygen atoms in total. The van der Waals surface area contributed by atoms with Gasteiger partial charge < -0.3 is 5.32 Å². The number of aryl methyl sites for hydroxylation is 1. The molecule has 0 spiro atoms. The lowest BCUT2D eigenvalue weighted by Gasteiger charge is -2.19. The highest BCUT2D eigenvalue weighted by molar-refractivity contribution is 5.85. The molecule has 5 heteroatoms. The van der Waals surface area contributed by atoms with E-state index in [1.165, 1.54) is 0 Å². The van der Waals surface area contributed by atoms with E-state index >= 15 is 0 Å². The molecule has 0 unspecified atom stereocenters. The van der Waals surface area contributed by atoms with Gasteiger partial charge in [0.1, 0.15) is 6.04 Å². The van der Waals surface area contributed by atoms with Crippen molar-refractivity contribution in [1.29, 1.82) is 0 Å². The number of amidine groups is 1. The number of nitrogens with one attached hydrogen (secondary N) is 1. The molecule has 3 aromatic carbocycles. The Kier molecular flexibility index (Phi) is 5.38. The standard InChI is InChI=1S/C24H21F3N2/c25-24(26,27)20-14-11-17(12-15-20)13-16-21-28-22(18-7-3-1-4-8-18)23(29-21)19-9-5-2-6-10-19/h1-12,14-15,22-23H,13,16H2,(H,28,29)/t22-,23+. The van der Waals surface area contributed by atoms with Gasteiger partial charge in [0.25, 0.3) is 0 Å². The fourth-order valence-electron chi connectivity index (χ4n) is 3.64. The van der Waals surface area contributed by atoms with Crippen LogP contribution < -0.4 is 5.32 Å². The number of rotatable bonds is 5. The number of hydrogen-bond acceptors (Lipinski definition) is 2. The van der Waals surface area contributed by atoms with Crippen molar-refractivity contribution in [2.24, 2.45) is 4.99 Å². The Morgan fingerprint density at radius 3 is 1.90 bits per heavy atom. The third kappa shape index (κ3) is 4.50. The summed E-state index contributed by atoms with van der Waals surface area (Å²) in [6, 6.07) is 25.7. The first-order valence-corrected chi connectivity index (χ1v) is 9.60. The van der Waals surface area contributed by atoms with Crippen molar-refractivity contribution < 1.29 is 13.2 Å². The summed E-state index contributed by atoms with van der Waals surface area (Å²) in [6.45, 7) is 0. The van der Waals surface area contributed by atoms with Crippen LogP contribution in [0.25, 0.3) is 0 Å². The number of nitrogens with zero attached hydrogens (tertiary/aromatic N) is 1. The zero-order valence-corrected chi connectivity index (χ0v) is 15.7. The number of benzene rings is 3. The van der Waals surface area contributed by atoms with Gasteiger partial charge >= 0.3 is 6.18 Å². The summed E-state index contributed by atoms with van der Waals surface area (Å²) in [6.07, 6.45) is -3.02. The first kappa shape index (κ1) is 19.2. The van der Waals surface area contributed by atoms with Crippen molar-refractivity contribution in [3.8, 4) is 0 Å². The summed E-state index contributed by atoms with van der Waals surface area (Å²) in [7, 11) is 0. The van der Waals surface area contributed by atoms with Crippen LogP contribution in [0.4, 0.5) is 13.2 Å². The lowest BCUT2D eigenvalue weighted by atomic mass is 9.95. The molecule has 0 aromatic heterocycles. The number of aliphatic imine (C=N–C) groups is 1. The normalized spacial score (nSPS) is 18.9. The molecule has 0 saturated heterocycles. The van der Waals surface area contributed by atoms with E-state index in [0.29, 0.717) is 12.8 Å². The van der Waals surface area contributed by atoms with Gasteiger partial charge in [0.15, 0.2) is 0 Å². The maximum absolute atomic E-state index is 12.7. The highest BCUT2D eigenvalue weighted by Gasteiger charge is 2.31. The minimum absolute atomic E-state index is 0.0267. The third-order valence-electron chi connectivity index (χ3n) is 5.16. The second-order valence-corrected chi connectivity index (χ2v) is 7.16. The van der Waals surface area contributed by atoms with Crippen molar-refractivity contribution in [2.75, 3.05) is 0 Å². The Balaban J connectivity index is 1.50. The van der Waals surface area contributed by atoms with Crippen LogP contribution in [0.1, 0.15) is 40.8 Å². The molecule has 0 saturated carbocycles. The summed E-state index contributed by atoms with van der Waals surface area (Å²) >= 11 is 0. The average molecular weight is 394 g/mol. The first-order valence-electron chi connectivity index (χ1n) is 9.60. The molecule has 0 aliphatic carbocycles. The van der Waals surface area contributed by atoms with Crippen molar-refractivity contribution in [2.45, 2.75) is 31.1 Å². The van der Waals surface area contributed by atoms with Crippen LogP contribution >= 0.6 is 0 Å². The van der Waals surface area contributed by atoms with Crippen LogP contribution in [0.2, 0.25) is 0 Å². The molecule has 1 heterocycles. The van der Waals surface area contributed by atoms with Gasteiger partial charge in [0, 0.05) is 6.42 Å². The largest absolute Gasteiger partial charge is 0.416 e. The van der Waals surface area contributed by atoms with Gasteiger partial charge in [0.05, 0.1) is 17.4 Å². The Morgan fingerprint density at radius 2 is 1.31 bits per heavy atom. The molecule has 4 rings (SSSR count). The number of hydrogen-bond donors (Lipinski definition) is 1. The smallest absolute Gasteiger partial charge is 0.364 e. The fraction of sp³-hybridized carbons (Fsp3) is 0.208.